The number of anilines is 1. The van der Waals surface area contributed by atoms with Crippen molar-refractivity contribution in [2.24, 2.45) is 0 Å². The number of halogens is 2. The first-order valence-corrected chi connectivity index (χ1v) is 14.4. The van der Waals surface area contributed by atoms with Gasteiger partial charge in [0.1, 0.15) is 25.8 Å². The number of amides is 2. The number of hydrogen-bond donors (Lipinski definition) is 1. The average Bonchev–Trinajstić information content (AvgIpc) is 2.88. The van der Waals surface area contributed by atoms with E-state index in [9.17, 15) is 18.0 Å². The van der Waals surface area contributed by atoms with E-state index in [1.807, 2.05) is 0 Å². The summed E-state index contributed by atoms with van der Waals surface area (Å²) in [6.45, 7) is 5.71. The van der Waals surface area contributed by atoms with Gasteiger partial charge in [-0.15, -0.1) is 0 Å². The van der Waals surface area contributed by atoms with Gasteiger partial charge in [-0.3, -0.25) is 13.9 Å². The Morgan fingerprint density at radius 3 is 2.32 bits per heavy atom. The zero-order chi connectivity index (χ0) is 27.2. The minimum atomic E-state index is -3.87. The van der Waals surface area contributed by atoms with Crippen molar-refractivity contribution < 1.29 is 27.5 Å². The third-order valence-corrected chi connectivity index (χ3v) is 8.35. The van der Waals surface area contributed by atoms with Gasteiger partial charge in [-0.2, -0.15) is 0 Å². The molecule has 1 aliphatic rings. The predicted octanol–water partition coefficient (Wildman–Crippen LogP) is 3.86. The monoisotopic (exact) mass is 571 g/mol. The molecule has 12 heteroatoms. The van der Waals surface area contributed by atoms with Crippen LogP contribution in [-0.2, 0) is 26.2 Å². The van der Waals surface area contributed by atoms with Crippen LogP contribution in [0.2, 0.25) is 10.0 Å². The second kappa shape index (κ2) is 12.7. The fourth-order valence-corrected chi connectivity index (χ4v) is 5.33. The fraction of sp³-hybridized carbons (Fsp3) is 0.440. The number of hydrogen-bond acceptors (Lipinski definition) is 6. The largest absolute Gasteiger partial charge is 0.486 e. The summed E-state index contributed by atoms with van der Waals surface area (Å²) in [6.07, 6.45) is 0.323. The lowest BCUT2D eigenvalue weighted by atomic mass is 10.1. The van der Waals surface area contributed by atoms with E-state index in [0.717, 1.165) is 4.31 Å². The van der Waals surface area contributed by atoms with Crippen molar-refractivity contribution in [3.63, 3.8) is 0 Å². The molecule has 0 saturated carbocycles. The first kappa shape index (κ1) is 28.9. The topological polar surface area (TPSA) is 105 Å². The summed E-state index contributed by atoms with van der Waals surface area (Å²) in [5, 5.41) is 3.42. The summed E-state index contributed by atoms with van der Waals surface area (Å²) in [7, 11) is -3.87. The third kappa shape index (κ3) is 7.00. The molecule has 2 aromatic rings. The molecule has 202 valence electrons. The minimum Gasteiger partial charge on any atom is -0.486 e. The molecule has 2 aromatic carbocycles. The van der Waals surface area contributed by atoms with Crippen LogP contribution in [0, 0.1) is 0 Å². The Labute approximate surface area is 227 Å². The highest BCUT2D eigenvalue weighted by Crippen LogP contribution is 2.35. The first-order chi connectivity index (χ1) is 17.6. The molecular weight excluding hydrogens is 541 g/mol. The van der Waals surface area contributed by atoms with Gasteiger partial charge in [0.15, 0.2) is 11.5 Å². The van der Waals surface area contributed by atoms with Gasteiger partial charge >= 0.3 is 0 Å². The lowest BCUT2D eigenvalue weighted by Gasteiger charge is -2.33. The van der Waals surface area contributed by atoms with Crippen LogP contribution in [-0.4, -0.2) is 63.2 Å². The van der Waals surface area contributed by atoms with Crippen LogP contribution >= 0.6 is 23.2 Å². The summed E-state index contributed by atoms with van der Waals surface area (Å²) in [4.78, 5) is 28.0. The highest BCUT2D eigenvalue weighted by molar-refractivity contribution is 7.92. The van der Waals surface area contributed by atoms with Crippen molar-refractivity contribution >= 4 is 50.7 Å². The number of nitrogens with zero attached hydrogens (tertiary/aromatic N) is 2. The average molecular weight is 573 g/mol. The number of benzene rings is 2. The number of likely N-dealkylation sites (N-methyl/N-ethyl adjacent to an activating group) is 1. The molecule has 1 aliphatic heterocycles. The molecule has 37 heavy (non-hydrogen) atoms. The zero-order valence-corrected chi connectivity index (χ0v) is 23.3. The van der Waals surface area contributed by atoms with E-state index in [4.69, 9.17) is 32.7 Å². The number of nitrogens with one attached hydrogen (secondary N) is 1. The van der Waals surface area contributed by atoms with Gasteiger partial charge in [-0.25, -0.2) is 8.42 Å². The maximum absolute atomic E-state index is 13.8. The van der Waals surface area contributed by atoms with Gasteiger partial charge < -0.3 is 19.7 Å². The fourth-order valence-electron chi connectivity index (χ4n) is 3.95. The van der Waals surface area contributed by atoms with Gasteiger partial charge in [0, 0.05) is 19.2 Å². The number of fused-ring (bicyclic) bond motifs is 1. The molecule has 1 heterocycles. The van der Waals surface area contributed by atoms with Gasteiger partial charge in [0.25, 0.3) is 0 Å². The highest BCUT2D eigenvalue weighted by Gasteiger charge is 2.32. The van der Waals surface area contributed by atoms with E-state index in [2.05, 4.69) is 5.32 Å². The molecular formula is C25H31Cl2N3O6S. The van der Waals surface area contributed by atoms with Crippen LogP contribution < -0.4 is 19.1 Å². The Bertz CT molecular complexity index is 1240. The Morgan fingerprint density at radius 2 is 1.70 bits per heavy atom. The summed E-state index contributed by atoms with van der Waals surface area (Å²) < 4.78 is 38.4. The van der Waals surface area contributed by atoms with Gasteiger partial charge in [-0.1, -0.05) is 36.2 Å². The second-order valence-corrected chi connectivity index (χ2v) is 11.3. The molecule has 0 radical (unpaired) electrons. The van der Waals surface area contributed by atoms with Gasteiger partial charge in [-0.05, 0) is 50.1 Å². The van der Waals surface area contributed by atoms with Crippen LogP contribution in [0.5, 0.6) is 11.5 Å². The van der Waals surface area contributed by atoms with E-state index in [1.165, 1.54) is 11.8 Å². The van der Waals surface area contributed by atoms with E-state index >= 15 is 0 Å². The molecule has 1 unspecified atom stereocenters. The van der Waals surface area contributed by atoms with Crippen LogP contribution in [0.3, 0.4) is 0 Å². The van der Waals surface area contributed by atoms with Gasteiger partial charge in [0.05, 0.1) is 21.5 Å². The SMILES string of the molecule is CCNC(=O)C(CC)N(Cc1ccc(Cl)c(Cl)c1)C(=O)CN(c1ccc2c(c1)OCCO2)S(=O)(=O)CC. The van der Waals surface area contributed by atoms with E-state index in [-0.39, 0.29) is 23.9 Å². The highest BCUT2D eigenvalue weighted by atomic mass is 35.5. The quantitative estimate of drug-likeness (QED) is 0.439. The molecule has 0 bridgehead atoms. The normalized spacial score (nSPS) is 13.5. The summed E-state index contributed by atoms with van der Waals surface area (Å²) in [5.74, 6) is -0.207. The Morgan fingerprint density at radius 1 is 1.00 bits per heavy atom. The Kier molecular flexibility index (Phi) is 9.92. The standard InChI is InChI=1S/C25H31Cl2N3O6S/c1-4-21(25(32)28-5-2)29(15-17-7-9-19(26)20(27)13-17)24(31)16-30(37(33,34)6-3)18-8-10-22-23(14-18)36-12-11-35-22/h7-10,13-14,21H,4-6,11-12,15-16H2,1-3H3,(H,28,32). The molecule has 3 rings (SSSR count). The second-order valence-electron chi connectivity index (χ2n) is 8.32. The van der Waals surface area contributed by atoms with Gasteiger partial charge in [0.2, 0.25) is 21.8 Å². The van der Waals surface area contributed by atoms with E-state index in [1.54, 1.807) is 50.2 Å². The molecule has 0 aromatic heterocycles. The summed E-state index contributed by atoms with van der Waals surface area (Å²) in [5.41, 5.74) is 0.912. The maximum atomic E-state index is 13.8. The Balaban J connectivity index is 1.99. The van der Waals surface area contributed by atoms with E-state index in [0.29, 0.717) is 53.3 Å². The molecule has 0 saturated heterocycles. The van der Waals surface area contributed by atoms with Crippen molar-refractivity contribution in [1.29, 1.82) is 0 Å². The first-order valence-electron chi connectivity index (χ1n) is 12.0. The van der Waals surface area contributed by atoms with Crippen molar-refractivity contribution in [2.75, 3.05) is 36.4 Å². The number of sulfonamides is 1. The van der Waals surface area contributed by atoms with Crippen LogP contribution in [0.15, 0.2) is 36.4 Å². The maximum Gasteiger partial charge on any atom is 0.244 e. The molecule has 0 fully saturated rings. The van der Waals surface area contributed by atoms with Crippen LogP contribution in [0.25, 0.3) is 0 Å². The zero-order valence-electron chi connectivity index (χ0n) is 21.0. The molecule has 0 aliphatic carbocycles. The van der Waals surface area contributed by atoms with Crippen molar-refractivity contribution in [1.82, 2.24) is 10.2 Å². The molecule has 1 atom stereocenters. The Hall–Kier alpha value is -2.69. The number of carbonyl (C=O) groups is 2. The van der Waals surface area contributed by atoms with Crippen LogP contribution in [0.1, 0.15) is 32.8 Å². The summed E-state index contributed by atoms with van der Waals surface area (Å²) in [6, 6.07) is 8.84. The molecule has 1 N–H and O–H groups in total. The molecule has 0 spiro atoms. The minimum absolute atomic E-state index is 0.0342. The van der Waals surface area contributed by atoms with Crippen LogP contribution in [0.4, 0.5) is 5.69 Å². The lowest BCUT2D eigenvalue weighted by Crippen LogP contribution is -2.52. The predicted molar refractivity (Wildman–Crippen MR) is 144 cm³/mol. The van der Waals surface area contributed by atoms with Crippen molar-refractivity contribution in [3.05, 3.63) is 52.0 Å². The van der Waals surface area contributed by atoms with Crippen molar-refractivity contribution in [2.45, 2.75) is 39.8 Å². The number of rotatable bonds is 11. The molecule has 2 amide bonds. The lowest BCUT2D eigenvalue weighted by molar-refractivity contribution is -0.140. The van der Waals surface area contributed by atoms with E-state index < -0.39 is 28.5 Å². The summed E-state index contributed by atoms with van der Waals surface area (Å²) >= 11 is 12.2. The molecule has 9 nitrogen and oxygen atoms in total. The number of carbonyl (C=O) groups excluding carboxylic acids is 2. The third-order valence-electron chi connectivity index (χ3n) is 5.87. The smallest absolute Gasteiger partial charge is 0.244 e. The number of ether oxygens (including phenoxy) is 2. The van der Waals surface area contributed by atoms with Crippen molar-refractivity contribution in [3.8, 4) is 11.5 Å².